The number of halogens is 2. The smallest absolute Gasteiger partial charge is 0.217 e. The van der Waals surface area contributed by atoms with Crippen molar-refractivity contribution in [2.24, 2.45) is 5.73 Å². The Kier molecular flexibility index (Phi) is 17.3. The standard InChI is InChI=1S/C15H13NS2.C14H12N2O2S2.C10H8S.C5H6BrNS.ClH/c1-2-14-16-10-15(18-14)17-13-8-7-11-5-3-4-6-12(11)9-13;15-8-13-16-9-14(19-13)20(17,18)12-6-5-10-3-1-2-4-11(10)7-12;11-10-6-5-8-3-1-2-4-9(8)7-10;1-2-5-7-3-4(6)8-5;/h3-10H,2H2,1H3;1-7,9H,8,15H2;1-7,11H;3H,2H2,1H3;1H. The van der Waals surface area contributed by atoms with Crippen LogP contribution in [-0.4, -0.2) is 23.4 Å². The Morgan fingerprint density at radius 2 is 1.14 bits per heavy atom. The molecule has 0 aliphatic rings. The molecule has 0 bridgehead atoms. The number of fused-ring (bicyclic) bond motifs is 3. The van der Waals surface area contributed by atoms with E-state index in [0.29, 0.717) is 5.01 Å². The monoisotopic (exact) mass is 962 g/mol. The van der Waals surface area contributed by atoms with Gasteiger partial charge in [-0.2, -0.15) is 0 Å². The molecule has 0 atom stereocenters. The third-order valence-electron chi connectivity index (χ3n) is 8.34. The van der Waals surface area contributed by atoms with Crippen LogP contribution in [0.3, 0.4) is 0 Å². The lowest BCUT2D eigenvalue weighted by molar-refractivity contribution is 0.598. The lowest BCUT2D eigenvalue weighted by atomic mass is 10.1. The van der Waals surface area contributed by atoms with E-state index >= 15 is 0 Å². The van der Waals surface area contributed by atoms with E-state index in [-0.39, 0.29) is 28.1 Å². The fraction of sp³-hybridized carbons (Fsp3) is 0.114. The van der Waals surface area contributed by atoms with E-state index in [0.717, 1.165) is 43.6 Å². The number of hydrogen-bond acceptors (Lipinski definition) is 11. The van der Waals surface area contributed by atoms with Gasteiger partial charge in [0.05, 0.1) is 41.5 Å². The normalized spacial score (nSPS) is 10.8. The first-order valence-corrected chi connectivity index (χ1v) is 23.9. The highest BCUT2D eigenvalue weighted by Gasteiger charge is 2.21. The molecule has 298 valence electrons. The van der Waals surface area contributed by atoms with Crippen molar-refractivity contribution in [2.75, 3.05) is 0 Å². The van der Waals surface area contributed by atoms with Gasteiger partial charge in [0.25, 0.3) is 0 Å². The van der Waals surface area contributed by atoms with Crippen LogP contribution >= 0.6 is 86.7 Å². The SMILES string of the molecule is CCc1ncc(Br)s1.CCc1ncc(Sc2ccc3ccccc3c2)s1.Cl.NCc1ncc(S(=O)(=O)c2ccc3ccccc3c2)s1.Sc1ccc2ccccc2c1. The molecule has 0 spiro atoms. The quantitative estimate of drug-likeness (QED) is 0.154. The summed E-state index contributed by atoms with van der Waals surface area (Å²) in [4.78, 5) is 15.1. The molecular weight excluding hydrogens is 924 g/mol. The number of thiazole rings is 3. The molecule has 9 aromatic rings. The van der Waals surface area contributed by atoms with Crippen molar-refractivity contribution in [3.8, 4) is 0 Å². The first-order chi connectivity index (χ1) is 27.6. The van der Waals surface area contributed by atoms with Gasteiger partial charge in [0.1, 0.15) is 9.22 Å². The number of sulfone groups is 1. The molecule has 3 heterocycles. The molecule has 0 radical (unpaired) electrons. The zero-order chi connectivity index (χ0) is 40.2. The van der Waals surface area contributed by atoms with Crippen LogP contribution < -0.4 is 5.73 Å². The zero-order valence-electron chi connectivity index (χ0n) is 31.5. The highest BCUT2D eigenvalue weighted by Crippen LogP contribution is 2.34. The van der Waals surface area contributed by atoms with Crippen molar-refractivity contribution < 1.29 is 8.42 Å². The number of nitrogens with two attached hydrogens (primary N) is 1. The summed E-state index contributed by atoms with van der Waals surface area (Å²) in [7, 11) is -3.52. The minimum absolute atomic E-state index is 0. The Morgan fingerprint density at radius 1 is 0.621 bits per heavy atom. The first-order valence-electron chi connectivity index (χ1n) is 17.9. The van der Waals surface area contributed by atoms with Gasteiger partial charge in [-0.3, -0.25) is 0 Å². The highest BCUT2D eigenvalue weighted by atomic mass is 79.9. The number of aromatic nitrogens is 3. The summed E-state index contributed by atoms with van der Waals surface area (Å²) in [5.74, 6) is 0. The molecular formula is C44H40BrClN4O2S6. The van der Waals surface area contributed by atoms with Crippen molar-refractivity contribution in [2.45, 2.75) is 56.3 Å². The summed E-state index contributed by atoms with van der Waals surface area (Å²) in [6, 6.07) is 42.3. The van der Waals surface area contributed by atoms with E-state index in [4.69, 9.17) is 5.73 Å². The Labute approximate surface area is 375 Å². The molecule has 9 rings (SSSR count). The number of aryl methyl sites for hydroxylation is 2. The maximum Gasteiger partial charge on any atom is 0.217 e. The second kappa shape index (κ2) is 22.1. The van der Waals surface area contributed by atoms with Crippen molar-refractivity contribution in [3.05, 3.63) is 165 Å². The predicted molar refractivity (Wildman–Crippen MR) is 257 cm³/mol. The third-order valence-corrected chi connectivity index (χ3v) is 15.7. The van der Waals surface area contributed by atoms with Gasteiger partial charge >= 0.3 is 0 Å². The largest absolute Gasteiger partial charge is 0.325 e. The molecule has 2 N–H and O–H groups in total. The number of benzene rings is 6. The third kappa shape index (κ3) is 12.4. The molecule has 3 aromatic heterocycles. The van der Waals surface area contributed by atoms with Gasteiger partial charge in [-0.25, -0.2) is 23.4 Å². The Bertz CT molecular complexity index is 2820. The van der Waals surface area contributed by atoms with E-state index in [1.807, 2.05) is 60.9 Å². The van der Waals surface area contributed by atoms with Gasteiger partial charge in [-0.15, -0.1) is 59.0 Å². The average molecular weight is 965 g/mol. The molecule has 0 unspecified atom stereocenters. The predicted octanol–water partition coefficient (Wildman–Crippen LogP) is 13.6. The van der Waals surface area contributed by atoms with E-state index in [1.165, 1.54) is 46.9 Å². The van der Waals surface area contributed by atoms with E-state index in [1.54, 1.807) is 46.6 Å². The number of rotatable bonds is 7. The van der Waals surface area contributed by atoms with Crippen LogP contribution in [0.25, 0.3) is 32.3 Å². The summed E-state index contributed by atoms with van der Waals surface area (Å²) < 4.78 is 27.7. The van der Waals surface area contributed by atoms with E-state index in [2.05, 4.69) is 124 Å². The molecule has 0 aliphatic carbocycles. The molecule has 0 amide bonds. The molecule has 6 nitrogen and oxygen atoms in total. The van der Waals surface area contributed by atoms with Crippen molar-refractivity contribution in [1.82, 2.24) is 15.0 Å². The van der Waals surface area contributed by atoms with Crippen LogP contribution in [0.1, 0.15) is 28.9 Å². The Morgan fingerprint density at radius 3 is 1.67 bits per heavy atom. The summed E-state index contributed by atoms with van der Waals surface area (Å²) in [6.45, 7) is 4.49. The molecule has 0 aliphatic heterocycles. The fourth-order valence-electron chi connectivity index (χ4n) is 5.44. The molecule has 6 aromatic carbocycles. The fourth-order valence-corrected chi connectivity index (χ4v) is 11.4. The van der Waals surface area contributed by atoms with E-state index in [9.17, 15) is 8.42 Å². The van der Waals surface area contributed by atoms with Crippen LogP contribution in [-0.2, 0) is 29.2 Å². The van der Waals surface area contributed by atoms with Gasteiger partial charge in [0, 0.05) is 16.3 Å². The summed E-state index contributed by atoms with van der Waals surface area (Å²) in [5.41, 5.74) is 5.47. The van der Waals surface area contributed by atoms with Gasteiger partial charge in [0.2, 0.25) is 9.84 Å². The van der Waals surface area contributed by atoms with Crippen LogP contribution in [0.2, 0.25) is 0 Å². The van der Waals surface area contributed by atoms with Crippen molar-refractivity contribution in [3.63, 3.8) is 0 Å². The van der Waals surface area contributed by atoms with E-state index < -0.39 is 9.84 Å². The van der Waals surface area contributed by atoms with Crippen molar-refractivity contribution >= 4 is 129 Å². The average Bonchev–Trinajstić information content (AvgIpc) is 4.03. The van der Waals surface area contributed by atoms with Gasteiger partial charge in [-0.05, 0) is 97.5 Å². The number of thiol groups is 1. The Balaban J connectivity index is 0.000000154. The molecule has 0 saturated heterocycles. The zero-order valence-corrected chi connectivity index (χ0v) is 38.9. The maximum absolute atomic E-state index is 12.5. The Hall–Kier alpha value is -3.63. The van der Waals surface area contributed by atoms with Gasteiger partial charge in [-0.1, -0.05) is 117 Å². The topological polar surface area (TPSA) is 98.8 Å². The van der Waals surface area contributed by atoms with Crippen LogP contribution in [0, 0.1) is 0 Å². The van der Waals surface area contributed by atoms with Crippen LogP contribution in [0.15, 0.2) is 173 Å². The highest BCUT2D eigenvalue weighted by molar-refractivity contribution is 9.11. The van der Waals surface area contributed by atoms with Crippen LogP contribution in [0.5, 0.6) is 0 Å². The summed E-state index contributed by atoms with van der Waals surface area (Å²) >= 11 is 14.0. The number of nitrogens with zero attached hydrogens (tertiary/aromatic N) is 3. The van der Waals surface area contributed by atoms with Crippen molar-refractivity contribution in [1.29, 1.82) is 0 Å². The van der Waals surface area contributed by atoms with Gasteiger partial charge < -0.3 is 5.73 Å². The molecule has 0 saturated carbocycles. The second-order valence-electron chi connectivity index (χ2n) is 12.3. The summed E-state index contributed by atoms with van der Waals surface area (Å²) in [5, 5.41) is 10.0. The first kappa shape index (κ1) is 45.5. The lowest BCUT2D eigenvalue weighted by Gasteiger charge is -2.03. The maximum atomic E-state index is 12.5. The molecule has 0 fully saturated rings. The van der Waals surface area contributed by atoms with Gasteiger partial charge in [0.15, 0.2) is 0 Å². The minimum atomic E-state index is -3.52. The molecule has 14 heteroatoms. The van der Waals surface area contributed by atoms with Crippen LogP contribution in [0.4, 0.5) is 0 Å². The lowest BCUT2D eigenvalue weighted by Crippen LogP contribution is -1.99. The second-order valence-corrected chi connectivity index (χ2v) is 21.1. The summed E-state index contributed by atoms with van der Waals surface area (Å²) in [6.07, 6.45) is 7.24. The molecule has 58 heavy (non-hydrogen) atoms. The minimum Gasteiger partial charge on any atom is -0.325 e. The number of hydrogen-bond donors (Lipinski definition) is 2.